The summed E-state index contributed by atoms with van der Waals surface area (Å²) >= 11 is 1.40. The SMILES string of the molecule is O=C(CNC(=O)N1CCN(c2ccccn2)CC1)Nc1nnc(C2CC2)s1. The summed E-state index contributed by atoms with van der Waals surface area (Å²) in [6.45, 7) is 2.52. The van der Waals surface area contributed by atoms with Crippen LogP contribution >= 0.6 is 11.3 Å². The van der Waals surface area contributed by atoms with Crippen LogP contribution in [0, 0.1) is 0 Å². The Balaban J connectivity index is 1.19. The molecule has 2 aliphatic rings. The molecule has 2 aromatic heterocycles. The zero-order valence-corrected chi connectivity index (χ0v) is 15.6. The van der Waals surface area contributed by atoms with Gasteiger partial charge in [0.15, 0.2) is 0 Å². The molecule has 1 saturated heterocycles. The summed E-state index contributed by atoms with van der Waals surface area (Å²) in [5.41, 5.74) is 0. The minimum atomic E-state index is -0.297. The van der Waals surface area contributed by atoms with E-state index in [-0.39, 0.29) is 18.5 Å². The number of nitrogens with zero attached hydrogens (tertiary/aromatic N) is 5. The van der Waals surface area contributed by atoms with Crippen molar-refractivity contribution in [2.24, 2.45) is 0 Å². The molecule has 2 aromatic rings. The largest absolute Gasteiger partial charge is 0.353 e. The Bertz CT molecular complexity index is 801. The third-order valence-corrected chi connectivity index (χ3v) is 5.56. The van der Waals surface area contributed by atoms with E-state index in [0.717, 1.165) is 23.7 Å². The molecule has 0 spiro atoms. The van der Waals surface area contributed by atoms with E-state index in [4.69, 9.17) is 0 Å². The molecule has 27 heavy (non-hydrogen) atoms. The number of carbonyl (C=O) groups is 2. The number of urea groups is 1. The van der Waals surface area contributed by atoms with Crippen molar-refractivity contribution >= 4 is 34.2 Å². The molecule has 0 aromatic carbocycles. The number of aromatic nitrogens is 3. The van der Waals surface area contributed by atoms with E-state index in [0.29, 0.717) is 37.2 Å². The molecule has 2 fully saturated rings. The summed E-state index contributed by atoms with van der Waals surface area (Å²) < 4.78 is 0. The Hall–Kier alpha value is -2.75. The maximum Gasteiger partial charge on any atom is 0.317 e. The second kappa shape index (κ2) is 7.87. The fourth-order valence-electron chi connectivity index (χ4n) is 2.89. The van der Waals surface area contributed by atoms with Gasteiger partial charge in [-0.05, 0) is 25.0 Å². The van der Waals surface area contributed by atoms with Crippen LogP contribution in [0.15, 0.2) is 24.4 Å². The summed E-state index contributed by atoms with van der Waals surface area (Å²) in [5.74, 6) is 1.13. The molecular formula is C17H21N7O2S. The van der Waals surface area contributed by atoms with Gasteiger partial charge < -0.3 is 15.1 Å². The summed E-state index contributed by atoms with van der Waals surface area (Å²) in [7, 11) is 0. The molecule has 1 saturated carbocycles. The number of hydrogen-bond donors (Lipinski definition) is 2. The zero-order valence-electron chi connectivity index (χ0n) is 14.8. The minimum absolute atomic E-state index is 0.0857. The van der Waals surface area contributed by atoms with Crippen molar-refractivity contribution < 1.29 is 9.59 Å². The van der Waals surface area contributed by atoms with Crippen LogP contribution in [0.1, 0.15) is 23.8 Å². The lowest BCUT2D eigenvalue weighted by atomic mass is 10.3. The second-order valence-electron chi connectivity index (χ2n) is 6.59. The summed E-state index contributed by atoms with van der Waals surface area (Å²) in [4.78, 5) is 32.5. The lowest BCUT2D eigenvalue weighted by Crippen LogP contribution is -2.52. The average Bonchev–Trinajstić information content (AvgIpc) is 3.46. The van der Waals surface area contributed by atoms with Crippen LogP contribution < -0.4 is 15.5 Å². The monoisotopic (exact) mass is 387 g/mol. The first-order valence-corrected chi connectivity index (χ1v) is 9.83. The molecule has 0 atom stereocenters. The van der Waals surface area contributed by atoms with Gasteiger partial charge in [-0.15, -0.1) is 10.2 Å². The predicted octanol–water partition coefficient (Wildman–Crippen LogP) is 1.28. The molecule has 1 aliphatic carbocycles. The number of rotatable bonds is 5. The lowest BCUT2D eigenvalue weighted by Gasteiger charge is -2.35. The van der Waals surface area contributed by atoms with Gasteiger partial charge in [-0.25, -0.2) is 9.78 Å². The van der Waals surface area contributed by atoms with Gasteiger partial charge in [0.25, 0.3) is 0 Å². The number of carbonyl (C=O) groups excluding carboxylic acids is 2. The molecule has 3 heterocycles. The fraction of sp³-hybridized carbons (Fsp3) is 0.471. The van der Waals surface area contributed by atoms with Crippen LogP contribution in [0.4, 0.5) is 15.7 Å². The Morgan fingerprint density at radius 1 is 1.15 bits per heavy atom. The van der Waals surface area contributed by atoms with Crippen LogP contribution in [-0.2, 0) is 4.79 Å². The lowest BCUT2D eigenvalue weighted by molar-refractivity contribution is -0.115. The van der Waals surface area contributed by atoms with Crippen LogP contribution in [0.3, 0.4) is 0 Å². The number of nitrogens with one attached hydrogen (secondary N) is 2. The van der Waals surface area contributed by atoms with E-state index < -0.39 is 0 Å². The third kappa shape index (κ3) is 4.51. The van der Waals surface area contributed by atoms with Gasteiger partial charge in [0, 0.05) is 38.3 Å². The average molecular weight is 387 g/mol. The van der Waals surface area contributed by atoms with Crippen LogP contribution in [0.2, 0.25) is 0 Å². The highest BCUT2D eigenvalue weighted by Crippen LogP contribution is 2.41. The van der Waals surface area contributed by atoms with Crippen molar-refractivity contribution in [1.29, 1.82) is 0 Å². The first-order valence-electron chi connectivity index (χ1n) is 9.01. The molecule has 4 rings (SSSR count). The van der Waals surface area contributed by atoms with E-state index in [1.807, 2.05) is 18.2 Å². The molecule has 0 unspecified atom stereocenters. The van der Waals surface area contributed by atoms with E-state index in [1.54, 1.807) is 11.1 Å². The molecule has 0 bridgehead atoms. The maximum atomic E-state index is 12.3. The second-order valence-corrected chi connectivity index (χ2v) is 7.60. The van der Waals surface area contributed by atoms with Crippen molar-refractivity contribution in [3.63, 3.8) is 0 Å². The molecule has 2 N–H and O–H groups in total. The Labute approximate surface area is 160 Å². The van der Waals surface area contributed by atoms with Crippen molar-refractivity contribution in [1.82, 2.24) is 25.4 Å². The van der Waals surface area contributed by atoms with Gasteiger partial charge >= 0.3 is 6.03 Å². The highest BCUT2D eigenvalue weighted by Gasteiger charge is 2.28. The van der Waals surface area contributed by atoms with Gasteiger partial charge in [0.2, 0.25) is 11.0 Å². The smallest absolute Gasteiger partial charge is 0.317 e. The quantitative estimate of drug-likeness (QED) is 0.801. The van der Waals surface area contributed by atoms with Gasteiger partial charge in [0.05, 0.1) is 6.54 Å². The molecule has 9 nitrogen and oxygen atoms in total. The normalized spacial score (nSPS) is 16.9. The third-order valence-electron chi connectivity index (χ3n) is 4.55. The molecule has 0 radical (unpaired) electrons. The number of hydrogen-bond acceptors (Lipinski definition) is 7. The Morgan fingerprint density at radius 3 is 2.67 bits per heavy atom. The predicted molar refractivity (Wildman–Crippen MR) is 102 cm³/mol. The highest BCUT2D eigenvalue weighted by atomic mass is 32.1. The first-order chi connectivity index (χ1) is 13.2. The summed E-state index contributed by atoms with van der Waals surface area (Å²) in [5, 5.41) is 14.9. The zero-order chi connectivity index (χ0) is 18.6. The van der Waals surface area contributed by atoms with Gasteiger partial charge in [-0.3, -0.25) is 10.1 Å². The Morgan fingerprint density at radius 2 is 1.96 bits per heavy atom. The van der Waals surface area contributed by atoms with Crippen molar-refractivity contribution in [3.05, 3.63) is 29.4 Å². The molecule has 1 aliphatic heterocycles. The van der Waals surface area contributed by atoms with E-state index in [1.165, 1.54) is 11.3 Å². The topological polar surface area (TPSA) is 103 Å². The molecular weight excluding hydrogens is 366 g/mol. The summed E-state index contributed by atoms with van der Waals surface area (Å²) in [6.07, 6.45) is 4.05. The number of pyridine rings is 1. The van der Waals surface area contributed by atoms with Gasteiger partial charge in [-0.2, -0.15) is 0 Å². The van der Waals surface area contributed by atoms with E-state index >= 15 is 0 Å². The van der Waals surface area contributed by atoms with Crippen LogP contribution in [0.25, 0.3) is 0 Å². The summed E-state index contributed by atoms with van der Waals surface area (Å²) in [6, 6.07) is 5.56. The van der Waals surface area contributed by atoms with E-state index in [9.17, 15) is 9.59 Å². The molecule has 142 valence electrons. The standard InChI is InChI=1S/C17H21N7O2S/c25-14(20-16-22-21-15(27-16)12-4-5-12)11-19-17(26)24-9-7-23(8-10-24)13-3-1-2-6-18-13/h1-3,6,12H,4-5,7-11H2,(H,19,26)(H,20,22,25). The molecule has 3 amide bonds. The van der Waals surface area contributed by atoms with Crippen molar-refractivity contribution in [3.8, 4) is 0 Å². The minimum Gasteiger partial charge on any atom is -0.353 e. The van der Waals surface area contributed by atoms with Crippen LogP contribution in [-0.4, -0.2) is 64.7 Å². The maximum absolute atomic E-state index is 12.3. The Kier molecular flexibility index (Phi) is 5.14. The highest BCUT2D eigenvalue weighted by molar-refractivity contribution is 7.15. The van der Waals surface area contributed by atoms with Crippen LogP contribution in [0.5, 0.6) is 0 Å². The fourth-order valence-corrected chi connectivity index (χ4v) is 3.82. The van der Waals surface area contributed by atoms with Gasteiger partial charge in [-0.1, -0.05) is 17.4 Å². The van der Waals surface area contributed by atoms with Gasteiger partial charge in [0.1, 0.15) is 10.8 Å². The number of piperazine rings is 1. The van der Waals surface area contributed by atoms with Crippen molar-refractivity contribution in [2.45, 2.75) is 18.8 Å². The first kappa shape index (κ1) is 17.7. The van der Waals surface area contributed by atoms with Crippen molar-refractivity contribution in [2.75, 3.05) is 42.9 Å². The number of anilines is 2. The van der Waals surface area contributed by atoms with E-state index in [2.05, 4.69) is 30.7 Å². The number of amides is 3. The molecule has 10 heteroatoms.